The summed E-state index contributed by atoms with van der Waals surface area (Å²) in [6.07, 6.45) is 0. The maximum Gasteiger partial charge on any atom is 0.238 e. The van der Waals surface area contributed by atoms with Gasteiger partial charge in [0.2, 0.25) is 5.95 Å². The summed E-state index contributed by atoms with van der Waals surface area (Å²) in [5.41, 5.74) is 23.7. The van der Waals surface area contributed by atoms with Gasteiger partial charge in [0.15, 0.2) is 11.6 Å². The molecule has 0 atom stereocenters. The van der Waals surface area contributed by atoms with Crippen molar-refractivity contribution in [2.24, 2.45) is 0 Å². The number of furan rings is 1. The highest BCUT2D eigenvalue weighted by Crippen LogP contribution is 2.44. The summed E-state index contributed by atoms with van der Waals surface area (Å²) in [7, 11) is 22.2. The second-order valence-electron chi connectivity index (χ2n) is 18.7. The minimum absolute atomic E-state index is 0.584. The maximum absolute atomic E-state index is 6.71. The van der Waals surface area contributed by atoms with Crippen molar-refractivity contribution in [3.63, 3.8) is 0 Å². The highest BCUT2D eigenvalue weighted by Gasteiger charge is 2.27. The molecule has 67 heavy (non-hydrogen) atoms. The van der Waals surface area contributed by atoms with Gasteiger partial charge in [-0.15, -0.1) is 32.8 Å². The molecule has 0 aliphatic rings. The van der Waals surface area contributed by atoms with E-state index in [0.29, 0.717) is 17.6 Å². The van der Waals surface area contributed by atoms with Crippen LogP contribution < -0.4 is 54.6 Å². The van der Waals surface area contributed by atoms with E-state index in [0.717, 1.165) is 88.1 Å². The minimum atomic E-state index is 0.584. The fourth-order valence-corrected chi connectivity index (χ4v) is 11.1. The molecule has 0 spiro atoms. The van der Waals surface area contributed by atoms with E-state index < -0.39 is 0 Å². The first-order valence-electron chi connectivity index (χ1n) is 23.3. The molecule has 12 aromatic rings. The molecule has 0 saturated heterocycles. The topological polar surface area (TPSA) is 61.7 Å². The van der Waals surface area contributed by atoms with Gasteiger partial charge in [0.25, 0.3) is 0 Å². The summed E-state index contributed by atoms with van der Waals surface area (Å²) in [6, 6.07) is 45.7. The van der Waals surface area contributed by atoms with E-state index in [1.165, 1.54) is 60.0 Å². The Morgan fingerprint density at radius 3 is 1.37 bits per heavy atom. The van der Waals surface area contributed by atoms with Crippen molar-refractivity contribution in [1.82, 2.24) is 24.1 Å². The Morgan fingerprint density at radius 1 is 0.373 bits per heavy atom. The van der Waals surface area contributed by atoms with Crippen molar-refractivity contribution in [3.8, 4) is 45.5 Å². The Labute approximate surface area is 398 Å². The molecule has 4 aromatic heterocycles. The summed E-state index contributed by atoms with van der Waals surface area (Å²) in [5, 5.41) is 6.72. The Hall–Kier alpha value is -7.18. The van der Waals surface area contributed by atoms with Crippen LogP contribution in [0.25, 0.3) is 111 Å². The predicted octanol–water partition coefficient (Wildman–Crippen LogP) is -4.45. The summed E-state index contributed by atoms with van der Waals surface area (Å²) in [6.45, 7) is 0. The van der Waals surface area contributed by atoms with Gasteiger partial charge in [-0.25, -0.2) is 4.98 Å². The van der Waals surface area contributed by atoms with Gasteiger partial charge in [-0.1, -0.05) is 119 Å². The zero-order valence-electron chi connectivity index (χ0n) is 39.8. The molecule has 12 rings (SSSR count). The van der Waals surface area contributed by atoms with Gasteiger partial charge in [-0.05, 0) is 35.9 Å². The van der Waals surface area contributed by atoms with Crippen LogP contribution in [0.3, 0.4) is 0 Å². The lowest BCUT2D eigenvalue weighted by atomic mass is 9.60. The molecule has 6 nitrogen and oxygen atoms in total. The van der Waals surface area contributed by atoms with Crippen molar-refractivity contribution in [1.29, 1.82) is 0 Å². The molecule has 0 unspecified atom stereocenters. The molecule has 0 N–H and O–H groups in total. The van der Waals surface area contributed by atoms with Crippen molar-refractivity contribution in [3.05, 3.63) is 127 Å². The molecular formula is C51H41B10N5O. The Morgan fingerprint density at radius 2 is 0.821 bits per heavy atom. The smallest absolute Gasteiger partial charge is 0.238 e. The van der Waals surface area contributed by atoms with E-state index in [9.17, 15) is 0 Å². The Bertz CT molecular complexity index is 3980. The molecular weight excluding hydrogens is 807 g/mol. The fourth-order valence-electron chi connectivity index (χ4n) is 11.1. The highest BCUT2D eigenvalue weighted by molar-refractivity contribution is 6.70. The van der Waals surface area contributed by atoms with Gasteiger partial charge < -0.3 is 8.98 Å². The molecule has 0 radical (unpaired) electrons. The van der Waals surface area contributed by atoms with Crippen LogP contribution in [0.4, 0.5) is 0 Å². The molecule has 0 amide bonds. The molecule has 0 fully saturated rings. The van der Waals surface area contributed by atoms with Crippen molar-refractivity contribution >= 4 is 199 Å². The monoisotopic (exact) mass is 849 g/mol. The standard InChI is InChI=1S/C51H41B10N5O/c52-36-34(37(53)41(57)44(60)40(36)56)49-62-50(35-38(54)42(58)45(61)43(59)39(35)55)64-51(63-49)66-32-16-8-5-13-25(32)28-19-18-27-24-12-4-7-15-31(24)65(46(27)47(28)66)23-20-29(22-10-2-1-3-11-22)48-30(21-23)26-14-6-9-17-33(26)67-48/h1-21H,52-61H2. The lowest BCUT2D eigenvalue weighted by molar-refractivity contribution is 0.670. The van der Waals surface area contributed by atoms with Crippen molar-refractivity contribution in [2.75, 3.05) is 0 Å². The van der Waals surface area contributed by atoms with E-state index in [1.807, 2.05) is 6.07 Å². The number of rotatable bonds is 5. The van der Waals surface area contributed by atoms with Crippen LogP contribution in [0.1, 0.15) is 0 Å². The van der Waals surface area contributed by atoms with Crippen LogP contribution in [0.15, 0.2) is 132 Å². The van der Waals surface area contributed by atoms with Crippen LogP contribution in [-0.4, -0.2) is 103 Å². The maximum atomic E-state index is 6.71. The van der Waals surface area contributed by atoms with Crippen molar-refractivity contribution in [2.45, 2.75) is 0 Å². The third kappa shape index (κ3) is 5.94. The second kappa shape index (κ2) is 15.2. The number of benzene rings is 8. The first-order valence-corrected chi connectivity index (χ1v) is 23.3. The Balaban J connectivity index is 1.27. The highest BCUT2D eigenvalue weighted by atomic mass is 16.3. The molecule has 16 heteroatoms. The molecule has 8 aromatic carbocycles. The Kier molecular flexibility index (Phi) is 9.35. The number of para-hydroxylation sites is 3. The summed E-state index contributed by atoms with van der Waals surface area (Å²) >= 11 is 0. The molecule has 306 valence electrons. The lowest BCUT2D eigenvalue weighted by Crippen LogP contribution is -2.55. The van der Waals surface area contributed by atoms with E-state index >= 15 is 0 Å². The molecule has 0 aliphatic carbocycles. The summed E-state index contributed by atoms with van der Waals surface area (Å²) < 4.78 is 11.5. The summed E-state index contributed by atoms with van der Waals surface area (Å²) in [5.74, 6) is 1.94. The van der Waals surface area contributed by atoms with E-state index in [2.05, 4.69) is 209 Å². The molecule has 0 bridgehead atoms. The van der Waals surface area contributed by atoms with Gasteiger partial charge in [0.1, 0.15) is 89.6 Å². The number of hydrogen-bond acceptors (Lipinski definition) is 4. The van der Waals surface area contributed by atoms with Crippen LogP contribution in [0.5, 0.6) is 0 Å². The van der Waals surface area contributed by atoms with Gasteiger partial charge in [0, 0.05) is 54.7 Å². The zero-order chi connectivity index (χ0) is 46.2. The number of fused-ring (bicyclic) bond motifs is 10. The number of hydrogen-bond donors (Lipinski definition) is 0. The SMILES string of the molecule is Bc1c(B)c(B)c(-c2nc(-c3c(B)c(B)c(B)c(B)c3B)nc(-n3c4ccccc4c4ccc5c6ccccc6n(-c6cc(-c7ccccc7)c7oc8ccccc8c7c6)c5c43)n2)c(B)c1B. The largest absolute Gasteiger partial charge is 0.455 e. The molecule has 0 saturated carbocycles. The van der Waals surface area contributed by atoms with Crippen LogP contribution in [-0.2, 0) is 0 Å². The fraction of sp³-hybridized carbons (Fsp3) is 0. The average molecular weight is 848 g/mol. The third-order valence-corrected chi connectivity index (χ3v) is 15.5. The zero-order valence-corrected chi connectivity index (χ0v) is 39.8. The van der Waals surface area contributed by atoms with E-state index in [-0.39, 0.29) is 0 Å². The second-order valence-corrected chi connectivity index (χ2v) is 18.7. The summed E-state index contributed by atoms with van der Waals surface area (Å²) in [4.78, 5) is 16.8. The number of nitrogens with zero attached hydrogens (tertiary/aromatic N) is 5. The average Bonchev–Trinajstić information content (AvgIpc) is 4.02. The van der Waals surface area contributed by atoms with Crippen LogP contribution in [0, 0.1) is 0 Å². The first-order chi connectivity index (χ1) is 32.4. The van der Waals surface area contributed by atoms with Gasteiger partial charge in [0.05, 0.1) is 22.1 Å². The van der Waals surface area contributed by atoms with Gasteiger partial charge in [-0.2, -0.15) is 9.97 Å². The first kappa shape index (κ1) is 41.3. The van der Waals surface area contributed by atoms with Gasteiger partial charge >= 0.3 is 0 Å². The lowest BCUT2D eigenvalue weighted by Gasteiger charge is -2.22. The molecule has 4 heterocycles. The third-order valence-electron chi connectivity index (χ3n) is 15.5. The minimum Gasteiger partial charge on any atom is -0.455 e. The molecule has 0 aliphatic heterocycles. The number of aromatic nitrogens is 5. The van der Waals surface area contributed by atoms with E-state index in [4.69, 9.17) is 19.4 Å². The van der Waals surface area contributed by atoms with Crippen LogP contribution >= 0.6 is 0 Å². The van der Waals surface area contributed by atoms with E-state index in [1.54, 1.807) is 0 Å². The van der Waals surface area contributed by atoms with Crippen molar-refractivity contribution < 1.29 is 4.42 Å². The van der Waals surface area contributed by atoms with Crippen LogP contribution in [0.2, 0.25) is 0 Å². The normalized spacial score (nSPS) is 11.9. The van der Waals surface area contributed by atoms with Gasteiger partial charge in [-0.3, -0.25) is 4.57 Å². The predicted molar refractivity (Wildman–Crippen MR) is 314 cm³/mol. The quantitative estimate of drug-likeness (QED) is 0.164.